The molecule has 0 bridgehead atoms. The highest BCUT2D eigenvalue weighted by atomic mass is 32.2. The maximum atomic E-state index is 12.2. The summed E-state index contributed by atoms with van der Waals surface area (Å²) < 4.78 is 25.7. The molecule has 1 amide bonds. The molecule has 24 heavy (non-hydrogen) atoms. The number of hydrogen-bond donors (Lipinski definition) is 0. The number of amides is 1. The van der Waals surface area contributed by atoms with Crippen molar-refractivity contribution in [3.63, 3.8) is 0 Å². The van der Waals surface area contributed by atoms with Crippen molar-refractivity contribution < 1.29 is 13.2 Å². The van der Waals surface area contributed by atoms with Crippen LogP contribution in [0.4, 0.5) is 5.69 Å². The molecule has 0 aromatic heterocycles. The summed E-state index contributed by atoms with van der Waals surface area (Å²) in [5, 5.41) is 0. The first-order valence-electron chi connectivity index (χ1n) is 7.53. The standard InChI is InChI=1S/C18H22N2O3S/c1-14-5-7-15(8-6-14)13-20(24(4,22)23)17-11-9-16(10-12-17)18(21)19(2)3/h5-12H,13H2,1-4H3. The molecule has 0 saturated carbocycles. The maximum absolute atomic E-state index is 12.2. The monoisotopic (exact) mass is 346 g/mol. The summed E-state index contributed by atoms with van der Waals surface area (Å²) in [4.78, 5) is 13.4. The zero-order valence-corrected chi connectivity index (χ0v) is 15.2. The van der Waals surface area contributed by atoms with Gasteiger partial charge in [0.1, 0.15) is 0 Å². The van der Waals surface area contributed by atoms with E-state index in [1.807, 2.05) is 31.2 Å². The number of carbonyl (C=O) groups excluding carboxylic acids is 1. The lowest BCUT2D eigenvalue weighted by Crippen LogP contribution is -2.29. The van der Waals surface area contributed by atoms with Crippen molar-refractivity contribution in [1.29, 1.82) is 0 Å². The van der Waals surface area contributed by atoms with Gasteiger partial charge in [0.25, 0.3) is 5.91 Å². The summed E-state index contributed by atoms with van der Waals surface area (Å²) in [6.45, 7) is 2.23. The van der Waals surface area contributed by atoms with Crippen molar-refractivity contribution >= 4 is 21.6 Å². The third kappa shape index (κ3) is 4.35. The molecule has 0 N–H and O–H groups in total. The van der Waals surface area contributed by atoms with E-state index in [1.165, 1.54) is 15.5 Å². The van der Waals surface area contributed by atoms with E-state index in [-0.39, 0.29) is 12.5 Å². The highest BCUT2D eigenvalue weighted by Crippen LogP contribution is 2.21. The van der Waals surface area contributed by atoms with Gasteiger partial charge in [0.2, 0.25) is 10.0 Å². The second-order valence-electron chi connectivity index (χ2n) is 6.00. The lowest BCUT2D eigenvalue weighted by Gasteiger charge is -2.23. The summed E-state index contributed by atoms with van der Waals surface area (Å²) in [6.07, 6.45) is 1.18. The molecular formula is C18H22N2O3S. The van der Waals surface area contributed by atoms with E-state index in [1.54, 1.807) is 38.4 Å². The lowest BCUT2D eigenvalue weighted by atomic mass is 10.1. The predicted molar refractivity (Wildman–Crippen MR) is 96.7 cm³/mol. The third-order valence-electron chi connectivity index (χ3n) is 3.66. The van der Waals surface area contributed by atoms with Crippen LogP contribution in [0.25, 0.3) is 0 Å². The SMILES string of the molecule is Cc1ccc(CN(c2ccc(C(=O)N(C)C)cc2)S(C)(=O)=O)cc1. The van der Waals surface area contributed by atoms with Gasteiger partial charge in [-0.1, -0.05) is 29.8 Å². The Morgan fingerprint density at radius 1 is 0.958 bits per heavy atom. The number of hydrogen-bond acceptors (Lipinski definition) is 3. The van der Waals surface area contributed by atoms with E-state index in [0.717, 1.165) is 11.1 Å². The van der Waals surface area contributed by atoms with Crippen molar-refractivity contribution in [2.45, 2.75) is 13.5 Å². The number of anilines is 1. The number of carbonyl (C=O) groups is 1. The van der Waals surface area contributed by atoms with E-state index >= 15 is 0 Å². The Morgan fingerprint density at radius 2 is 1.50 bits per heavy atom. The summed E-state index contributed by atoms with van der Waals surface area (Å²) in [6, 6.07) is 14.3. The van der Waals surface area contributed by atoms with E-state index in [0.29, 0.717) is 11.3 Å². The predicted octanol–water partition coefficient (Wildman–Crippen LogP) is 2.66. The van der Waals surface area contributed by atoms with Gasteiger partial charge in [-0.3, -0.25) is 9.10 Å². The molecule has 0 fully saturated rings. The molecule has 0 aliphatic carbocycles. The van der Waals surface area contributed by atoms with Gasteiger partial charge in [0.15, 0.2) is 0 Å². The average molecular weight is 346 g/mol. The minimum Gasteiger partial charge on any atom is -0.345 e. The number of benzene rings is 2. The molecule has 0 radical (unpaired) electrons. The second-order valence-corrected chi connectivity index (χ2v) is 7.91. The van der Waals surface area contributed by atoms with Crippen LogP contribution in [0.1, 0.15) is 21.5 Å². The van der Waals surface area contributed by atoms with Crippen molar-refractivity contribution in [3.8, 4) is 0 Å². The van der Waals surface area contributed by atoms with E-state index in [9.17, 15) is 13.2 Å². The molecule has 0 atom stereocenters. The van der Waals surface area contributed by atoms with Gasteiger partial charge in [-0.05, 0) is 36.8 Å². The summed E-state index contributed by atoms with van der Waals surface area (Å²) in [7, 11) is -0.0837. The zero-order valence-electron chi connectivity index (χ0n) is 14.4. The second kappa shape index (κ2) is 7.05. The highest BCUT2D eigenvalue weighted by Gasteiger charge is 2.18. The number of aryl methyl sites for hydroxylation is 1. The van der Waals surface area contributed by atoms with Crippen LogP contribution in [0, 0.1) is 6.92 Å². The van der Waals surface area contributed by atoms with E-state index < -0.39 is 10.0 Å². The van der Waals surface area contributed by atoms with Crippen molar-refractivity contribution in [2.75, 3.05) is 24.7 Å². The molecule has 6 heteroatoms. The molecule has 2 aromatic carbocycles. The molecular weight excluding hydrogens is 324 g/mol. The normalized spacial score (nSPS) is 11.2. The van der Waals surface area contributed by atoms with Crippen LogP contribution >= 0.6 is 0 Å². The molecule has 0 saturated heterocycles. The average Bonchev–Trinajstić information content (AvgIpc) is 2.52. The van der Waals surface area contributed by atoms with Gasteiger partial charge in [-0.25, -0.2) is 8.42 Å². The molecule has 128 valence electrons. The molecule has 0 unspecified atom stereocenters. The largest absolute Gasteiger partial charge is 0.345 e. The molecule has 2 aromatic rings. The number of sulfonamides is 1. The minimum atomic E-state index is -3.44. The van der Waals surface area contributed by atoms with Gasteiger partial charge in [-0.15, -0.1) is 0 Å². The van der Waals surface area contributed by atoms with Crippen LogP contribution in [0.5, 0.6) is 0 Å². The van der Waals surface area contributed by atoms with Gasteiger partial charge < -0.3 is 4.90 Å². The summed E-state index contributed by atoms with van der Waals surface area (Å²) >= 11 is 0. The van der Waals surface area contributed by atoms with E-state index in [4.69, 9.17) is 0 Å². The molecule has 0 aliphatic rings. The molecule has 0 aliphatic heterocycles. The molecule has 0 spiro atoms. The van der Waals surface area contributed by atoms with Crippen LogP contribution < -0.4 is 4.31 Å². The summed E-state index contributed by atoms with van der Waals surface area (Å²) in [5.41, 5.74) is 3.08. The lowest BCUT2D eigenvalue weighted by molar-refractivity contribution is 0.0827. The molecule has 5 nitrogen and oxygen atoms in total. The Balaban J connectivity index is 2.32. The summed E-state index contributed by atoms with van der Waals surface area (Å²) in [5.74, 6) is -0.119. The Bertz CT molecular complexity index is 810. The third-order valence-corrected chi connectivity index (χ3v) is 4.80. The Labute approximate surface area is 143 Å². The first-order valence-corrected chi connectivity index (χ1v) is 9.38. The van der Waals surface area contributed by atoms with Crippen molar-refractivity contribution in [2.24, 2.45) is 0 Å². The number of nitrogens with zero attached hydrogens (tertiary/aromatic N) is 2. The number of rotatable bonds is 5. The quantitative estimate of drug-likeness (QED) is 0.836. The van der Waals surface area contributed by atoms with Crippen LogP contribution in [-0.4, -0.2) is 39.6 Å². The Kier molecular flexibility index (Phi) is 5.29. The first kappa shape index (κ1) is 18.0. The van der Waals surface area contributed by atoms with Gasteiger partial charge >= 0.3 is 0 Å². The fourth-order valence-corrected chi connectivity index (χ4v) is 3.18. The first-order chi connectivity index (χ1) is 11.2. The van der Waals surface area contributed by atoms with E-state index in [2.05, 4.69) is 0 Å². The Hall–Kier alpha value is -2.34. The Morgan fingerprint density at radius 3 is 1.96 bits per heavy atom. The molecule has 2 rings (SSSR count). The maximum Gasteiger partial charge on any atom is 0.253 e. The minimum absolute atomic E-state index is 0.119. The van der Waals surface area contributed by atoms with Gasteiger partial charge in [-0.2, -0.15) is 0 Å². The molecule has 0 heterocycles. The van der Waals surface area contributed by atoms with Crippen molar-refractivity contribution in [3.05, 3.63) is 65.2 Å². The fraction of sp³-hybridized carbons (Fsp3) is 0.278. The van der Waals surface area contributed by atoms with Crippen molar-refractivity contribution in [1.82, 2.24) is 4.90 Å². The van der Waals surface area contributed by atoms with Gasteiger partial charge in [0, 0.05) is 19.7 Å². The van der Waals surface area contributed by atoms with Crippen LogP contribution in [0.3, 0.4) is 0 Å². The van der Waals surface area contributed by atoms with Crippen LogP contribution in [-0.2, 0) is 16.6 Å². The van der Waals surface area contributed by atoms with Gasteiger partial charge in [0.05, 0.1) is 18.5 Å². The highest BCUT2D eigenvalue weighted by molar-refractivity contribution is 7.92. The van der Waals surface area contributed by atoms with Crippen LogP contribution in [0.15, 0.2) is 48.5 Å². The topological polar surface area (TPSA) is 57.7 Å². The smallest absolute Gasteiger partial charge is 0.253 e. The van der Waals surface area contributed by atoms with Crippen LogP contribution in [0.2, 0.25) is 0 Å². The fourth-order valence-electron chi connectivity index (χ4n) is 2.29. The zero-order chi connectivity index (χ0) is 17.9.